The predicted molar refractivity (Wildman–Crippen MR) is 85.8 cm³/mol. The van der Waals surface area contributed by atoms with Crippen molar-refractivity contribution in [2.75, 3.05) is 7.11 Å². The Morgan fingerprint density at radius 2 is 2.26 bits per heavy atom. The second-order valence-corrected chi connectivity index (χ2v) is 6.09. The molecule has 1 atom stereocenters. The zero-order valence-corrected chi connectivity index (χ0v) is 14.3. The first-order valence-corrected chi connectivity index (χ1v) is 7.42. The maximum absolute atomic E-state index is 5.74. The van der Waals surface area contributed by atoms with E-state index in [1.54, 1.807) is 18.0 Å². The number of nitrogens with one attached hydrogen (secondary N) is 1. The van der Waals surface area contributed by atoms with Crippen LogP contribution in [0.15, 0.2) is 28.9 Å². The van der Waals surface area contributed by atoms with Crippen LogP contribution in [-0.2, 0) is 7.05 Å². The average Bonchev–Trinajstić information content (AvgIpc) is 2.76. The smallest absolute Gasteiger partial charge is 0.161 e. The number of benzene rings is 1. The first-order chi connectivity index (χ1) is 9.08. The number of nitrogens with two attached hydrogens (primary N) is 1. The summed E-state index contributed by atoms with van der Waals surface area (Å²) in [4.78, 5) is 0. The zero-order valence-electron chi connectivity index (χ0n) is 10.5. The topological polar surface area (TPSA) is 65.1 Å². The molecule has 3 N–H and O–H groups in total. The second-order valence-electron chi connectivity index (χ2n) is 3.99. The van der Waals surface area contributed by atoms with E-state index in [2.05, 4.69) is 55.1 Å². The molecule has 102 valence electrons. The number of hydrazine groups is 1. The van der Waals surface area contributed by atoms with Gasteiger partial charge in [0.1, 0.15) is 5.69 Å². The Morgan fingerprint density at radius 1 is 1.53 bits per heavy atom. The minimum atomic E-state index is -0.202. The van der Waals surface area contributed by atoms with Crippen molar-refractivity contribution in [1.82, 2.24) is 15.2 Å². The Labute approximate surface area is 133 Å². The summed E-state index contributed by atoms with van der Waals surface area (Å²) in [6.45, 7) is 0. The Balaban J connectivity index is 2.56. The van der Waals surface area contributed by atoms with Crippen molar-refractivity contribution in [2.45, 2.75) is 6.04 Å². The summed E-state index contributed by atoms with van der Waals surface area (Å²) >= 11 is 5.83. The normalized spacial score (nSPS) is 12.5. The van der Waals surface area contributed by atoms with Crippen molar-refractivity contribution < 1.29 is 4.74 Å². The molecule has 0 bridgehead atoms. The Bertz CT molecular complexity index is 587. The Morgan fingerprint density at radius 3 is 2.89 bits per heavy atom. The SMILES string of the molecule is COc1cnn(C)c1C(NN)c1cc(I)ccc1Br. The molecule has 0 radical (unpaired) electrons. The van der Waals surface area contributed by atoms with Gasteiger partial charge in [0.15, 0.2) is 5.75 Å². The van der Waals surface area contributed by atoms with Gasteiger partial charge >= 0.3 is 0 Å². The van der Waals surface area contributed by atoms with E-state index in [0.717, 1.165) is 19.3 Å². The van der Waals surface area contributed by atoms with Crippen LogP contribution in [0.3, 0.4) is 0 Å². The summed E-state index contributed by atoms with van der Waals surface area (Å²) in [5.41, 5.74) is 4.75. The Kier molecular flexibility index (Phi) is 4.82. The first kappa shape index (κ1) is 14.8. The highest BCUT2D eigenvalue weighted by Crippen LogP contribution is 2.33. The van der Waals surface area contributed by atoms with Crippen LogP contribution in [0.25, 0.3) is 0 Å². The molecule has 2 rings (SSSR count). The van der Waals surface area contributed by atoms with Crippen molar-refractivity contribution in [2.24, 2.45) is 12.9 Å². The first-order valence-electron chi connectivity index (χ1n) is 5.55. The van der Waals surface area contributed by atoms with E-state index in [0.29, 0.717) is 5.75 Å². The van der Waals surface area contributed by atoms with Crippen LogP contribution in [0.4, 0.5) is 0 Å². The molecule has 2 aromatic rings. The lowest BCUT2D eigenvalue weighted by atomic mass is 10.0. The van der Waals surface area contributed by atoms with E-state index in [-0.39, 0.29) is 6.04 Å². The van der Waals surface area contributed by atoms with Gasteiger partial charge in [0, 0.05) is 15.1 Å². The fourth-order valence-corrected chi connectivity index (χ4v) is 2.96. The fraction of sp³-hybridized carbons (Fsp3) is 0.250. The molecule has 0 fully saturated rings. The molecular formula is C12H14BrIN4O. The van der Waals surface area contributed by atoms with Crippen molar-refractivity contribution in [3.8, 4) is 5.75 Å². The predicted octanol–water partition coefficient (Wildman–Crippen LogP) is 2.35. The molecule has 0 saturated carbocycles. The number of aryl methyl sites for hydroxylation is 1. The van der Waals surface area contributed by atoms with E-state index in [9.17, 15) is 0 Å². The van der Waals surface area contributed by atoms with Crippen LogP contribution >= 0.6 is 38.5 Å². The van der Waals surface area contributed by atoms with E-state index in [1.807, 2.05) is 19.2 Å². The molecule has 5 nitrogen and oxygen atoms in total. The summed E-state index contributed by atoms with van der Waals surface area (Å²) in [5, 5.41) is 4.21. The van der Waals surface area contributed by atoms with Gasteiger partial charge in [-0.3, -0.25) is 10.5 Å². The number of rotatable bonds is 4. The molecule has 1 aromatic heterocycles. The summed E-state index contributed by atoms with van der Waals surface area (Å²) in [5.74, 6) is 6.44. The third kappa shape index (κ3) is 2.93. The minimum absolute atomic E-state index is 0.202. The van der Waals surface area contributed by atoms with Gasteiger partial charge in [-0.25, -0.2) is 5.43 Å². The maximum atomic E-state index is 5.74. The monoisotopic (exact) mass is 436 g/mol. The van der Waals surface area contributed by atoms with Gasteiger partial charge in [-0.05, 0) is 46.4 Å². The minimum Gasteiger partial charge on any atom is -0.493 e. The van der Waals surface area contributed by atoms with Gasteiger partial charge in [-0.1, -0.05) is 15.9 Å². The van der Waals surface area contributed by atoms with Crippen LogP contribution in [0.2, 0.25) is 0 Å². The van der Waals surface area contributed by atoms with Crippen molar-refractivity contribution in [3.63, 3.8) is 0 Å². The molecule has 7 heteroatoms. The summed E-state index contributed by atoms with van der Waals surface area (Å²) in [7, 11) is 3.49. The molecular weight excluding hydrogens is 423 g/mol. The largest absolute Gasteiger partial charge is 0.493 e. The molecule has 0 aliphatic heterocycles. The van der Waals surface area contributed by atoms with E-state index in [4.69, 9.17) is 10.6 Å². The van der Waals surface area contributed by atoms with E-state index < -0.39 is 0 Å². The summed E-state index contributed by atoms with van der Waals surface area (Å²) in [6.07, 6.45) is 1.68. The van der Waals surface area contributed by atoms with Gasteiger partial charge < -0.3 is 4.74 Å². The highest BCUT2D eigenvalue weighted by Gasteiger charge is 2.23. The van der Waals surface area contributed by atoms with Crippen molar-refractivity contribution >= 4 is 38.5 Å². The van der Waals surface area contributed by atoms with Gasteiger partial charge in [0.2, 0.25) is 0 Å². The number of hydrogen-bond acceptors (Lipinski definition) is 4. The number of aromatic nitrogens is 2. The maximum Gasteiger partial charge on any atom is 0.161 e. The molecule has 0 aliphatic rings. The highest BCUT2D eigenvalue weighted by molar-refractivity contribution is 14.1. The number of nitrogens with zero attached hydrogens (tertiary/aromatic N) is 2. The fourth-order valence-electron chi connectivity index (χ4n) is 1.97. The van der Waals surface area contributed by atoms with E-state index in [1.165, 1.54) is 0 Å². The molecule has 0 aliphatic carbocycles. The quantitative estimate of drug-likeness (QED) is 0.438. The summed E-state index contributed by atoms with van der Waals surface area (Å²) in [6, 6.07) is 5.90. The summed E-state index contributed by atoms with van der Waals surface area (Å²) < 4.78 is 9.23. The standard InChI is InChI=1S/C12H14BrIN4O/c1-18-12(10(19-2)6-16-18)11(17-15)8-5-7(14)3-4-9(8)13/h3-6,11,17H,15H2,1-2H3. The number of ether oxygens (including phenoxy) is 1. The van der Waals surface area contributed by atoms with E-state index >= 15 is 0 Å². The molecule has 1 heterocycles. The lowest BCUT2D eigenvalue weighted by Gasteiger charge is -2.19. The van der Waals surface area contributed by atoms with Gasteiger partial charge in [0.05, 0.1) is 19.3 Å². The zero-order chi connectivity index (χ0) is 14.0. The molecule has 0 saturated heterocycles. The average molecular weight is 437 g/mol. The van der Waals surface area contributed by atoms with Crippen molar-refractivity contribution in [1.29, 1.82) is 0 Å². The molecule has 19 heavy (non-hydrogen) atoms. The molecule has 0 spiro atoms. The highest BCUT2D eigenvalue weighted by atomic mass is 127. The molecule has 1 aromatic carbocycles. The third-order valence-electron chi connectivity index (χ3n) is 2.88. The van der Waals surface area contributed by atoms with Crippen LogP contribution in [0.5, 0.6) is 5.75 Å². The van der Waals surface area contributed by atoms with Crippen LogP contribution < -0.4 is 16.0 Å². The van der Waals surface area contributed by atoms with Crippen molar-refractivity contribution in [3.05, 3.63) is 43.7 Å². The molecule has 0 amide bonds. The van der Waals surface area contributed by atoms with Crippen LogP contribution in [0, 0.1) is 3.57 Å². The lowest BCUT2D eigenvalue weighted by Crippen LogP contribution is -2.31. The second kappa shape index (κ2) is 6.21. The van der Waals surface area contributed by atoms with Gasteiger partial charge in [-0.15, -0.1) is 0 Å². The van der Waals surface area contributed by atoms with Crippen LogP contribution in [-0.4, -0.2) is 16.9 Å². The van der Waals surface area contributed by atoms with Gasteiger partial charge in [0.25, 0.3) is 0 Å². The number of hydrogen-bond donors (Lipinski definition) is 2. The lowest BCUT2D eigenvalue weighted by molar-refractivity contribution is 0.401. The number of methoxy groups -OCH3 is 1. The van der Waals surface area contributed by atoms with Crippen LogP contribution in [0.1, 0.15) is 17.3 Å². The molecule has 1 unspecified atom stereocenters. The Hall–Kier alpha value is -0.640. The van der Waals surface area contributed by atoms with Gasteiger partial charge in [-0.2, -0.15) is 5.10 Å². The number of halogens is 2. The third-order valence-corrected chi connectivity index (χ3v) is 4.27.